The van der Waals surface area contributed by atoms with Gasteiger partial charge in [-0.2, -0.15) is 0 Å². The van der Waals surface area contributed by atoms with E-state index in [1.807, 2.05) is 38.1 Å². The van der Waals surface area contributed by atoms with Crippen molar-refractivity contribution in [2.45, 2.75) is 98.4 Å². The molecule has 218 valence electrons. The monoisotopic (exact) mass is 584 g/mol. The molecule has 1 fully saturated rings. The van der Waals surface area contributed by atoms with E-state index in [0.717, 1.165) is 37.7 Å². The SMILES string of the molecule is CCCNC(=O)c1ccc(C(C)CC(=O)C(=NC2(C(C)C)CCC(C(C)(C)C)CC2)c2cc(Cl)cc(Cl)c2)cc1. The third kappa shape index (κ3) is 8.19. The second kappa shape index (κ2) is 13.7. The number of amides is 1. The average molecular weight is 586 g/mol. The van der Waals surface area contributed by atoms with E-state index in [2.05, 4.69) is 39.9 Å². The lowest BCUT2D eigenvalue weighted by molar-refractivity contribution is -0.113. The van der Waals surface area contributed by atoms with E-state index >= 15 is 0 Å². The van der Waals surface area contributed by atoms with Gasteiger partial charge in [-0.3, -0.25) is 14.6 Å². The Morgan fingerprint density at radius 2 is 1.55 bits per heavy atom. The minimum atomic E-state index is -0.307. The van der Waals surface area contributed by atoms with Gasteiger partial charge in [-0.1, -0.05) is 83.8 Å². The van der Waals surface area contributed by atoms with Crippen LogP contribution in [-0.4, -0.2) is 29.5 Å². The Morgan fingerprint density at radius 3 is 2.05 bits per heavy atom. The normalized spacial score (nSPS) is 20.9. The number of aliphatic imine (C=N–C) groups is 1. The number of nitrogens with one attached hydrogen (secondary N) is 1. The van der Waals surface area contributed by atoms with Crippen LogP contribution >= 0.6 is 23.2 Å². The zero-order valence-corrected chi connectivity index (χ0v) is 26.8. The van der Waals surface area contributed by atoms with Crippen molar-refractivity contribution < 1.29 is 9.59 Å². The lowest BCUT2D eigenvalue weighted by Crippen LogP contribution is -2.41. The Balaban J connectivity index is 1.92. The van der Waals surface area contributed by atoms with Crippen LogP contribution in [0.25, 0.3) is 0 Å². The molecule has 0 radical (unpaired) electrons. The minimum Gasteiger partial charge on any atom is -0.352 e. The second-order valence-corrected chi connectivity index (χ2v) is 13.8. The van der Waals surface area contributed by atoms with Crippen LogP contribution in [0.15, 0.2) is 47.5 Å². The summed E-state index contributed by atoms with van der Waals surface area (Å²) >= 11 is 12.8. The van der Waals surface area contributed by atoms with Crippen LogP contribution in [0, 0.1) is 17.3 Å². The summed E-state index contributed by atoms with van der Waals surface area (Å²) in [5.41, 5.74) is 2.72. The Hall–Kier alpha value is -2.17. The first-order chi connectivity index (χ1) is 18.8. The van der Waals surface area contributed by atoms with E-state index in [1.54, 1.807) is 18.2 Å². The molecule has 2 aromatic carbocycles. The Morgan fingerprint density at radius 1 is 0.975 bits per heavy atom. The molecular weight excluding hydrogens is 539 g/mol. The molecule has 1 N–H and O–H groups in total. The molecule has 1 atom stereocenters. The number of Topliss-reactive ketones (excluding diaryl/α,β-unsaturated/α-hetero) is 1. The van der Waals surface area contributed by atoms with E-state index < -0.39 is 0 Å². The summed E-state index contributed by atoms with van der Waals surface area (Å²) in [6, 6.07) is 12.8. The summed E-state index contributed by atoms with van der Waals surface area (Å²) in [4.78, 5) is 31.7. The van der Waals surface area contributed by atoms with Gasteiger partial charge in [0.25, 0.3) is 5.91 Å². The van der Waals surface area contributed by atoms with Gasteiger partial charge >= 0.3 is 0 Å². The molecule has 3 rings (SSSR count). The van der Waals surface area contributed by atoms with E-state index in [1.165, 1.54) is 0 Å². The molecule has 1 unspecified atom stereocenters. The van der Waals surface area contributed by atoms with Gasteiger partial charge in [-0.25, -0.2) is 0 Å². The topological polar surface area (TPSA) is 58.5 Å². The van der Waals surface area contributed by atoms with Crippen molar-refractivity contribution in [3.8, 4) is 0 Å². The number of hydrogen-bond acceptors (Lipinski definition) is 3. The number of halogens is 2. The van der Waals surface area contributed by atoms with Crippen LogP contribution in [0.2, 0.25) is 10.0 Å². The number of benzene rings is 2. The third-order valence-electron chi connectivity index (χ3n) is 8.65. The van der Waals surface area contributed by atoms with Crippen molar-refractivity contribution in [3.05, 3.63) is 69.2 Å². The maximum Gasteiger partial charge on any atom is 0.251 e. The van der Waals surface area contributed by atoms with E-state index in [-0.39, 0.29) is 34.5 Å². The van der Waals surface area contributed by atoms with E-state index in [0.29, 0.717) is 45.8 Å². The molecule has 4 nitrogen and oxygen atoms in total. The summed E-state index contributed by atoms with van der Waals surface area (Å²) in [6.45, 7) is 16.1. The number of carbonyl (C=O) groups is 2. The molecule has 0 saturated heterocycles. The van der Waals surface area contributed by atoms with Crippen LogP contribution in [0.3, 0.4) is 0 Å². The van der Waals surface area contributed by atoms with Crippen molar-refractivity contribution in [1.29, 1.82) is 0 Å². The van der Waals surface area contributed by atoms with Crippen LogP contribution in [0.4, 0.5) is 0 Å². The highest BCUT2D eigenvalue weighted by molar-refractivity contribution is 6.47. The maximum atomic E-state index is 14.0. The number of nitrogens with zero attached hydrogens (tertiary/aromatic N) is 1. The van der Waals surface area contributed by atoms with Gasteiger partial charge in [0.2, 0.25) is 0 Å². The van der Waals surface area contributed by atoms with Crippen LogP contribution in [0.1, 0.15) is 114 Å². The zero-order valence-electron chi connectivity index (χ0n) is 25.2. The number of hydrogen-bond donors (Lipinski definition) is 1. The molecule has 1 saturated carbocycles. The molecule has 6 heteroatoms. The van der Waals surface area contributed by atoms with Crippen LogP contribution in [-0.2, 0) is 4.79 Å². The van der Waals surface area contributed by atoms with E-state index in [9.17, 15) is 9.59 Å². The van der Waals surface area contributed by atoms with Crippen molar-refractivity contribution >= 4 is 40.6 Å². The van der Waals surface area contributed by atoms with Crippen LogP contribution in [0.5, 0.6) is 0 Å². The van der Waals surface area contributed by atoms with Gasteiger partial charge in [0.05, 0.1) is 5.54 Å². The predicted octanol–water partition coefficient (Wildman–Crippen LogP) is 9.32. The summed E-state index contributed by atoms with van der Waals surface area (Å²) < 4.78 is 0. The van der Waals surface area contributed by atoms with Gasteiger partial charge in [0, 0.05) is 34.1 Å². The Kier molecular flexibility index (Phi) is 11.0. The minimum absolute atomic E-state index is 0.0198. The fourth-order valence-corrected chi connectivity index (χ4v) is 6.33. The van der Waals surface area contributed by atoms with Gasteiger partial charge in [0.1, 0.15) is 5.71 Å². The molecular formula is C34H46Cl2N2O2. The van der Waals surface area contributed by atoms with Gasteiger partial charge < -0.3 is 5.32 Å². The quantitative estimate of drug-likeness (QED) is 0.283. The number of carbonyl (C=O) groups excluding carboxylic acids is 2. The smallest absolute Gasteiger partial charge is 0.251 e. The Bertz CT molecular complexity index is 1180. The molecule has 1 amide bonds. The standard InChI is InChI=1S/C34H46Cl2N2O2/c1-8-17-37-32(40)25-11-9-24(10-12-25)23(4)18-30(39)31(26-19-28(35)21-29(36)20-26)38-34(22(2)3)15-13-27(14-16-34)33(5,6)7/h9-12,19-23,27H,8,13-18H2,1-7H3,(H,37,40). The molecule has 0 aromatic heterocycles. The Labute approximate surface area is 251 Å². The summed E-state index contributed by atoms with van der Waals surface area (Å²) in [7, 11) is 0. The van der Waals surface area contributed by atoms with Gasteiger partial charge in [-0.05, 0) is 91.2 Å². The molecule has 1 aliphatic rings. The second-order valence-electron chi connectivity index (χ2n) is 12.9. The molecule has 0 spiro atoms. The fraction of sp³-hybridized carbons (Fsp3) is 0.559. The predicted molar refractivity (Wildman–Crippen MR) is 169 cm³/mol. The van der Waals surface area contributed by atoms with Gasteiger partial charge in [-0.15, -0.1) is 0 Å². The first kappa shape index (κ1) is 32.3. The summed E-state index contributed by atoms with van der Waals surface area (Å²) in [6.07, 6.45) is 5.28. The fourth-order valence-electron chi connectivity index (χ4n) is 5.80. The van der Waals surface area contributed by atoms with Crippen molar-refractivity contribution in [1.82, 2.24) is 5.32 Å². The largest absolute Gasteiger partial charge is 0.352 e. The molecule has 0 bridgehead atoms. The maximum absolute atomic E-state index is 14.0. The molecule has 1 aliphatic carbocycles. The highest BCUT2D eigenvalue weighted by atomic mass is 35.5. The lowest BCUT2D eigenvalue weighted by Gasteiger charge is -2.44. The van der Waals surface area contributed by atoms with Crippen molar-refractivity contribution in [2.24, 2.45) is 22.2 Å². The first-order valence-electron chi connectivity index (χ1n) is 14.7. The molecule has 0 aliphatic heterocycles. The summed E-state index contributed by atoms with van der Waals surface area (Å²) in [5, 5.41) is 3.88. The van der Waals surface area contributed by atoms with E-state index in [4.69, 9.17) is 28.2 Å². The molecule has 2 aromatic rings. The third-order valence-corrected chi connectivity index (χ3v) is 9.09. The van der Waals surface area contributed by atoms with Crippen LogP contribution < -0.4 is 5.32 Å². The first-order valence-corrected chi connectivity index (χ1v) is 15.5. The molecule has 40 heavy (non-hydrogen) atoms. The summed E-state index contributed by atoms with van der Waals surface area (Å²) in [5.74, 6) is 0.779. The van der Waals surface area contributed by atoms with Gasteiger partial charge in [0.15, 0.2) is 5.78 Å². The molecule has 0 heterocycles. The lowest BCUT2D eigenvalue weighted by atomic mass is 9.64. The van der Waals surface area contributed by atoms with Crippen molar-refractivity contribution in [2.75, 3.05) is 6.54 Å². The highest BCUT2D eigenvalue weighted by Gasteiger charge is 2.41. The van der Waals surface area contributed by atoms with Crippen molar-refractivity contribution in [3.63, 3.8) is 0 Å². The average Bonchev–Trinajstić information content (AvgIpc) is 2.89. The number of rotatable bonds is 10. The zero-order chi connectivity index (χ0) is 29.7. The number of ketones is 1. The highest BCUT2D eigenvalue weighted by Crippen LogP contribution is 2.46.